The van der Waals surface area contributed by atoms with Crippen LogP contribution < -0.4 is 5.73 Å². The van der Waals surface area contributed by atoms with E-state index in [1.807, 2.05) is 17.0 Å². The molecule has 4 rings (SSSR count). The van der Waals surface area contributed by atoms with Gasteiger partial charge in [0.25, 0.3) is 0 Å². The molecule has 0 radical (unpaired) electrons. The highest BCUT2D eigenvalue weighted by Crippen LogP contribution is 2.35. The maximum Gasteiger partial charge on any atom is 0.226 e. The topological polar surface area (TPSA) is 59.2 Å². The summed E-state index contributed by atoms with van der Waals surface area (Å²) in [6.45, 7) is 1.66. The van der Waals surface area contributed by atoms with Crippen LogP contribution in [0.25, 0.3) is 5.57 Å². The van der Waals surface area contributed by atoms with Crippen molar-refractivity contribution in [2.45, 2.75) is 50.9 Å². The number of anilines is 1. The zero-order valence-corrected chi connectivity index (χ0v) is 16.4. The van der Waals surface area contributed by atoms with E-state index < -0.39 is 0 Å². The molecule has 0 saturated carbocycles. The number of amides is 1. The van der Waals surface area contributed by atoms with E-state index in [4.69, 9.17) is 5.73 Å². The lowest BCUT2D eigenvalue weighted by atomic mass is 9.85. The van der Waals surface area contributed by atoms with Crippen molar-refractivity contribution in [2.24, 2.45) is 0 Å². The molecule has 2 heterocycles. The van der Waals surface area contributed by atoms with Crippen LogP contribution in [0.15, 0.2) is 48.8 Å². The van der Waals surface area contributed by atoms with Gasteiger partial charge in [-0.25, -0.2) is 0 Å². The summed E-state index contributed by atoms with van der Waals surface area (Å²) in [6.07, 6.45) is 13.2. The maximum absolute atomic E-state index is 12.6. The highest BCUT2D eigenvalue weighted by Gasteiger charge is 2.24. The van der Waals surface area contributed by atoms with Crippen molar-refractivity contribution < 1.29 is 4.79 Å². The van der Waals surface area contributed by atoms with Gasteiger partial charge in [-0.1, -0.05) is 12.1 Å². The normalized spacial score (nSPS) is 18.0. The van der Waals surface area contributed by atoms with Crippen molar-refractivity contribution in [3.05, 3.63) is 65.5 Å². The number of aromatic nitrogens is 1. The Hall–Kier alpha value is -2.62. The van der Waals surface area contributed by atoms with E-state index in [-0.39, 0.29) is 5.91 Å². The van der Waals surface area contributed by atoms with Gasteiger partial charge in [0, 0.05) is 36.7 Å². The number of hydrogen-bond donors (Lipinski definition) is 1. The first-order chi connectivity index (χ1) is 13.7. The van der Waals surface area contributed by atoms with Gasteiger partial charge in [-0.15, -0.1) is 0 Å². The summed E-state index contributed by atoms with van der Waals surface area (Å²) in [5, 5.41) is 0. The molecule has 0 spiro atoms. The van der Waals surface area contributed by atoms with E-state index in [9.17, 15) is 4.79 Å². The van der Waals surface area contributed by atoms with Crippen LogP contribution in [0.3, 0.4) is 0 Å². The molecule has 1 saturated heterocycles. The van der Waals surface area contributed by atoms with Gasteiger partial charge in [0.15, 0.2) is 0 Å². The monoisotopic (exact) mass is 375 g/mol. The van der Waals surface area contributed by atoms with E-state index in [0.29, 0.717) is 12.3 Å². The number of nitrogen functional groups attached to an aromatic ring is 1. The second kappa shape index (κ2) is 8.59. The molecule has 1 aromatic carbocycles. The predicted octanol–water partition coefficient (Wildman–Crippen LogP) is 4.57. The molecule has 0 atom stereocenters. The Morgan fingerprint density at radius 1 is 1.11 bits per heavy atom. The SMILES string of the molecule is Nc1ccc(C2CCN(C(=O)Cc3ccncc3)CC2)cc1C1=CCCCC1. The van der Waals surface area contributed by atoms with E-state index in [1.54, 1.807) is 12.4 Å². The Labute approximate surface area is 167 Å². The summed E-state index contributed by atoms with van der Waals surface area (Å²) in [6, 6.07) is 10.4. The number of rotatable bonds is 4. The van der Waals surface area contributed by atoms with E-state index >= 15 is 0 Å². The Bertz CT molecular complexity index is 851. The predicted molar refractivity (Wildman–Crippen MR) is 114 cm³/mol. The summed E-state index contributed by atoms with van der Waals surface area (Å²) < 4.78 is 0. The molecule has 1 fully saturated rings. The fourth-order valence-corrected chi connectivity index (χ4v) is 4.44. The van der Waals surface area contributed by atoms with E-state index in [2.05, 4.69) is 29.3 Å². The Kier molecular flexibility index (Phi) is 5.75. The molecule has 2 N–H and O–H groups in total. The van der Waals surface area contributed by atoms with Crippen LogP contribution in [0.1, 0.15) is 61.1 Å². The molecule has 146 valence electrons. The fourth-order valence-electron chi connectivity index (χ4n) is 4.44. The first kappa shape index (κ1) is 18.7. The van der Waals surface area contributed by atoms with Gasteiger partial charge in [0.05, 0.1) is 6.42 Å². The Morgan fingerprint density at radius 2 is 1.89 bits per heavy atom. The second-order valence-electron chi connectivity index (χ2n) is 8.01. The lowest BCUT2D eigenvalue weighted by Gasteiger charge is -2.32. The van der Waals surface area contributed by atoms with Gasteiger partial charge in [-0.2, -0.15) is 0 Å². The van der Waals surface area contributed by atoms with Crippen LogP contribution in [0.2, 0.25) is 0 Å². The number of likely N-dealkylation sites (tertiary alicyclic amines) is 1. The third kappa shape index (κ3) is 4.27. The number of allylic oxidation sites excluding steroid dienone is 2. The lowest BCUT2D eigenvalue weighted by molar-refractivity contribution is -0.131. The average Bonchev–Trinajstić information content (AvgIpc) is 2.75. The minimum atomic E-state index is 0.218. The van der Waals surface area contributed by atoms with Crippen LogP contribution in [0.4, 0.5) is 5.69 Å². The molecule has 1 aliphatic heterocycles. The minimum absolute atomic E-state index is 0.218. The third-order valence-electron chi connectivity index (χ3n) is 6.14. The lowest BCUT2D eigenvalue weighted by Crippen LogP contribution is -2.38. The number of pyridine rings is 1. The van der Waals surface area contributed by atoms with Gasteiger partial charge in [0.2, 0.25) is 5.91 Å². The second-order valence-corrected chi connectivity index (χ2v) is 8.01. The Balaban J connectivity index is 1.40. The van der Waals surface area contributed by atoms with Crippen molar-refractivity contribution in [3.8, 4) is 0 Å². The molecule has 1 aliphatic carbocycles. The molecular weight excluding hydrogens is 346 g/mol. The quantitative estimate of drug-likeness (QED) is 0.796. The van der Waals surface area contributed by atoms with Crippen LogP contribution >= 0.6 is 0 Å². The molecule has 28 heavy (non-hydrogen) atoms. The molecule has 1 amide bonds. The smallest absolute Gasteiger partial charge is 0.226 e. The van der Waals surface area contributed by atoms with Gasteiger partial charge in [-0.3, -0.25) is 9.78 Å². The first-order valence-electron chi connectivity index (χ1n) is 10.5. The molecule has 4 nitrogen and oxygen atoms in total. The van der Waals surface area contributed by atoms with E-state index in [1.165, 1.54) is 29.5 Å². The van der Waals surface area contributed by atoms with E-state index in [0.717, 1.165) is 50.0 Å². The minimum Gasteiger partial charge on any atom is -0.398 e. The van der Waals surface area contributed by atoms with Gasteiger partial charge < -0.3 is 10.6 Å². The molecule has 4 heteroatoms. The molecule has 0 unspecified atom stereocenters. The van der Waals surface area contributed by atoms with Crippen molar-refractivity contribution in [3.63, 3.8) is 0 Å². The van der Waals surface area contributed by atoms with Crippen molar-refractivity contribution in [2.75, 3.05) is 18.8 Å². The Morgan fingerprint density at radius 3 is 2.61 bits per heavy atom. The van der Waals surface area contributed by atoms with Crippen LogP contribution in [-0.4, -0.2) is 28.9 Å². The zero-order chi connectivity index (χ0) is 19.3. The summed E-state index contributed by atoms with van der Waals surface area (Å²) in [4.78, 5) is 18.6. The largest absolute Gasteiger partial charge is 0.398 e. The number of piperidine rings is 1. The maximum atomic E-state index is 12.6. The fraction of sp³-hybridized carbons (Fsp3) is 0.417. The summed E-state index contributed by atoms with van der Waals surface area (Å²) in [5.74, 6) is 0.725. The molecule has 2 aromatic rings. The van der Waals surface area contributed by atoms with Gasteiger partial charge in [0.1, 0.15) is 0 Å². The average molecular weight is 376 g/mol. The number of nitrogens with two attached hydrogens (primary N) is 1. The number of benzene rings is 1. The highest BCUT2D eigenvalue weighted by atomic mass is 16.2. The summed E-state index contributed by atoms with van der Waals surface area (Å²) in [7, 11) is 0. The standard InChI is InChI=1S/C24H29N3O/c25-23-7-6-21(17-22(23)20-4-2-1-3-5-20)19-10-14-27(15-11-19)24(28)16-18-8-12-26-13-9-18/h4,6-9,12-13,17,19H,1-3,5,10-11,14-16,25H2. The third-order valence-corrected chi connectivity index (χ3v) is 6.14. The first-order valence-corrected chi connectivity index (χ1v) is 10.5. The summed E-state index contributed by atoms with van der Waals surface area (Å²) >= 11 is 0. The summed E-state index contributed by atoms with van der Waals surface area (Å²) in [5.41, 5.74) is 12.2. The number of carbonyl (C=O) groups excluding carboxylic acids is 1. The molecule has 0 bridgehead atoms. The van der Waals surface area contributed by atoms with Crippen LogP contribution in [0, 0.1) is 0 Å². The number of hydrogen-bond acceptors (Lipinski definition) is 3. The van der Waals surface area contributed by atoms with Crippen molar-refractivity contribution in [1.29, 1.82) is 0 Å². The zero-order valence-electron chi connectivity index (χ0n) is 16.4. The number of carbonyl (C=O) groups is 1. The number of nitrogens with zero attached hydrogens (tertiary/aromatic N) is 2. The van der Waals surface area contributed by atoms with Gasteiger partial charge in [-0.05, 0) is 85.4 Å². The molecule has 1 aromatic heterocycles. The van der Waals surface area contributed by atoms with Crippen molar-refractivity contribution >= 4 is 17.2 Å². The molecular formula is C24H29N3O. The highest BCUT2D eigenvalue weighted by molar-refractivity contribution is 5.79. The molecule has 2 aliphatic rings. The van der Waals surface area contributed by atoms with Gasteiger partial charge >= 0.3 is 0 Å². The van der Waals surface area contributed by atoms with Crippen molar-refractivity contribution in [1.82, 2.24) is 9.88 Å². The van der Waals surface area contributed by atoms with Crippen LogP contribution in [-0.2, 0) is 11.2 Å². The van der Waals surface area contributed by atoms with Crippen LogP contribution in [0.5, 0.6) is 0 Å².